The summed E-state index contributed by atoms with van der Waals surface area (Å²) in [5.41, 5.74) is 2.78. The number of nitrogens with one attached hydrogen (secondary N) is 1. The fourth-order valence-electron chi connectivity index (χ4n) is 3.28. The van der Waals surface area contributed by atoms with Gasteiger partial charge in [0.2, 0.25) is 5.91 Å². The molecular formula is C25H28N2O3S. The average molecular weight is 437 g/mol. The highest BCUT2D eigenvalue weighted by Gasteiger charge is 2.26. The van der Waals surface area contributed by atoms with Gasteiger partial charge in [-0.2, -0.15) is 0 Å². The van der Waals surface area contributed by atoms with Gasteiger partial charge in [-0.25, -0.2) is 8.42 Å². The van der Waals surface area contributed by atoms with Crippen LogP contribution in [0.1, 0.15) is 24.5 Å². The van der Waals surface area contributed by atoms with Crippen LogP contribution in [0.3, 0.4) is 0 Å². The number of amides is 1. The molecular weight excluding hydrogens is 408 g/mol. The van der Waals surface area contributed by atoms with Gasteiger partial charge in [-0.05, 0) is 54.7 Å². The topological polar surface area (TPSA) is 66.5 Å². The smallest absolute Gasteiger partial charge is 0.264 e. The van der Waals surface area contributed by atoms with Gasteiger partial charge in [0.1, 0.15) is 6.54 Å². The molecule has 0 saturated heterocycles. The van der Waals surface area contributed by atoms with E-state index in [1.807, 2.05) is 37.3 Å². The zero-order chi connectivity index (χ0) is 22.1. The Bertz CT molecular complexity index is 1070. The first-order valence-electron chi connectivity index (χ1n) is 10.5. The van der Waals surface area contributed by atoms with Crippen molar-refractivity contribution < 1.29 is 13.2 Å². The van der Waals surface area contributed by atoms with E-state index in [9.17, 15) is 13.2 Å². The molecule has 0 saturated carbocycles. The third-order valence-electron chi connectivity index (χ3n) is 5.06. The fraction of sp³-hybridized carbons (Fsp3) is 0.240. The molecule has 0 bridgehead atoms. The lowest BCUT2D eigenvalue weighted by atomic mass is 10.1. The van der Waals surface area contributed by atoms with Crippen LogP contribution in [0.25, 0.3) is 0 Å². The van der Waals surface area contributed by atoms with Gasteiger partial charge < -0.3 is 5.32 Å². The van der Waals surface area contributed by atoms with E-state index in [1.165, 1.54) is 9.87 Å². The van der Waals surface area contributed by atoms with E-state index in [0.29, 0.717) is 12.2 Å². The Hall–Kier alpha value is -3.12. The van der Waals surface area contributed by atoms with Crippen LogP contribution in [-0.4, -0.2) is 27.4 Å². The van der Waals surface area contributed by atoms with Crippen molar-refractivity contribution in [1.82, 2.24) is 5.32 Å². The van der Waals surface area contributed by atoms with Gasteiger partial charge >= 0.3 is 0 Å². The van der Waals surface area contributed by atoms with E-state index in [1.54, 1.807) is 42.5 Å². The molecule has 162 valence electrons. The molecule has 31 heavy (non-hydrogen) atoms. The maximum absolute atomic E-state index is 13.3. The van der Waals surface area contributed by atoms with E-state index < -0.39 is 10.0 Å². The predicted octanol–water partition coefficient (Wildman–Crippen LogP) is 4.19. The third-order valence-corrected chi connectivity index (χ3v) is 6.85. The van der Waals surface area contributed by atoms with Gasteiger partial charge in [0.15, 0.2) is 0 Å². The van der Waals surface area contributed by atoms with E-state index >= 15 is 0 Å². The number of carbonyl (C=O) groups excluding carboxylic acids is 1. The number of hydrogen-bond acceptors (Lipinski definition) is 3. The zero-order valence-corrected chi connectivity index (χ0v) is 18.5. The van der Waals surface area contributed by atoms with Crippen LogP contribution in [0, 0.1) is 0 Å². The third kappa shape index (κ3) is 6.18. The molecule has 0 aromatic heterocycles. The lowest BCUT2D eigenvalue weighted by Gasteiger charge is -2.24. The molecule has 5 nitrogen and oxygen atoms in total. The molecule has 3 aromatic carbocycles. The largest absolute Gasteiger partial charge is 0.355 e. The number of carbonyl (C=O) groups is 1. The molecule has 0 radical (unpaired) electrons. The number of rotatable bonds is 10. The monoisotopic (exact) mass is 436 g/mol. The Morgan fingerprint density at radius 3 is 2.06 bits per heavy atom. The van der Waals surface area contributed by atoms with E-state index in [4.69, 9.17) is 0 Å². The SMILES string of the molecule is CCc1ccc(N(CC(=O)NCCCc2ccccc2)S(=O)(=O)c2ccccc2)cc1. The van der Waals surface area contributed by atoms with E-state index in [-0.39, 0.29) is 17.3 Å². The number of anilines is 1. The molecule has 0 atom stereocenters. The van der Waals surface area contributed by atoms with Crippen molar-refractivity contribution >= 4 is 21.6 Å². The molecule has 0 heterocycles. The van der Waals surface area contributed by atoms with Crippen LogP contribution in [0.2, 0.25) is 0 Å². The Balaban J connectivity index is 1.71. The van der Waals surface area contributed by atoms with Gasteiger partial charge in [-0.15, -0.1) is 0 Å². The van der Waals surface area contributed by atoms with Crippen LogP contribution in [0.5, 0.6) is 0 Å². The molecule has 0 aliphatic rings. The summed E-state index contributed by atoms with van der Waals surface area (Å²) < 4.78 is 27.7. The standard InChI is InChI=1S/C25H28N2O3S/c1-2-21-15-17-23(18-16-21)27(31(29,30)24-13-7-4-8-14-24)20-25(28)26-19-9-12-22-10-5-3-6-11-22/h3-8,10-11,13-18H,2,9,12,19-20H2,1H3,(H,26,28). The fourth-order valence-corrected chi connectivity index (χ4v) is 4.73. The minimum Gasteiger partial charge on any atom is -0.355 e. The van der Waals surface area contributed by atoms with Gasteiger partial charge in [0.25, 0.3) is 10.0 Å². The normalized spacial score (nSPS) is 11.1. The number of sulfonamides is 1. The summed E-state index contributed by atoms with van der Waals surface area (Å²) in [6, 6.07) is 25.5. The molecule has 0 unspecified atom stereocenters. The van der Waals surface area contributed by atoms with Crippen LogP contribution in [0.15, 0.2) is 89.8 Å². The van der Waals surface area contributed by atoms with Crippen molar-refractivity contribution in [1.29, 1.82) is 0 Å². The number of nitrogens with zero attached hydrogens (tertiary/aromatic N) is 1. The molecule has 3 aromatic rings. The van der Waals surface area contributed by atoms with Crippen LogP contribution >= 0.6 is 0 Å². The van der Waals surface area contributed by atoms with Crippen molar-refractivity contribution in [3.63, 3.8) is 0 Å². The van der Waals surface area contributed by atoms with Crippen molar-refractivity contribution in [2.75, 3.05) is 17.4 Å². The van der Waals surface area contributed by atoms with Gasteiger partial charge in [0, 0.05) is 6.54 Å². The number of hydrogen-bond donors (Lipinski definition) is 1. The van der Waals surface area contributed by atoms with Crippen molar-refractivity contribution in [2.24, 2.45) is 0 Å². The zero-order valence-electron chi connectivity index (χ0n) is 17.7. The number of aryl methyl sites for hydroxylation is 2. The highest BCUT2D eigenvalue weighted by molar-refractivity contribution is 7.92. The maximum atomic E-state index is 13.3. The van der Waals surface area contributed by atoms with E-state index in [2.05, 4.69) is 17.4 Å². The van der Waals surface area contributed by atoms with Crippen molar-refractivity contribution in [2.45, 2.75) is 31.1 Å². The molecule has 0 aliphatic heterocycles. The second kappa shape index (κ2) is 10.8. The second-order valence-electron chi connectivity index (χ2n) is 7.28. The molecule has 3 rings (SSSR count). The summed E-state index contributed by atoms with van der Waals surface area (Å²) in [5.74, 6) is -0.327. The summed E-state index contributed by atoms with van der Waals surface area (Å²) in [4.78, 5) is 12.8. The van der Waals surface area contributed by atoms with E-state index in [0.717, 1.165) is 24.8 Å². The molecule has 0 fully saturated rings. The van der Waals surface area contributed by atoms with Crippen LogP contribution < -0.4 is 9.62 Å². The second-order valence-corrected chi connectivity index (χ2v) is 9.15. The molecule has 0 aliphatic carbocycles. The average Bonchev–Trinajstić information content (AvgIpc) is 2.81. The Morgan fingerprint density at radius 1 is 0.839 bits per heavy atom. The molecule has 1 amide bonds. The van der Waals surface area contributed by atoms with Gasteiger partial charge in [0.05, 0.1) is 10.6 Å². The van der Waals surface area contributed by atoms with Crippen LogP contribution in [-0.2, 0) is 27.7 Å². The highest BCUT2D eigenvalue weighted by Crippen LogP contribution is 2.24. The molecule has 0 spiro atoms. The first-order chi connectivity index (χ1) is 15.0. The molecule has 6 heteroatoms. The van der Waals surface area contributed by atoms with Gasteiger partial charge in [-0.1, -0.05) is 67.6 Å². The summed E-state index contributed by atoms with van der Waals surface area (Å²) in [5, 5.41) is 2.85. The first kappa shape index (κ1) is 22.6. The van der Waals surface area contributed by atoms with Crippen LogP contribution in [0.4, 0.5) is 5.69 Å². The Kier molecular flexibility index (Phi) is 7.84. The summed E-state index contributed by atoms with van der Waals surface area (Å²) >= 11 is 0. The lowest BCUT2D eigenvalue weighted by molar-refractivity contribution is -0.119. The highest BCUT2D eigenvalue weighted by atomic mass is 32.2. The number of benzene rings is 3. The summed E-state index contributed by atoms with van der Waals surface area (Å²) in [6.45, 7) is 2.26. The molecule has 1 N–H and O–H groups in total. The van der Waals surface area contributed by atoms with Crippen molar-refractivity contribution in [3.05, 3.63) is 96.1 Å². The minimum absolute atomic E-state index is 0.159. The van der Waals surface area contributed by atoms with Gasteiger partial charge in [-0.3, -0.25) is 9.10 Å². The van der Waals surface area contributed by atoms with Crippen molar-refractivity contribution in [3.8, 4) is 0 Å². The Morgan fingerprint density at radius 2 is 1.45 bits per heavy atom. The Labute approximate surface area is 184 Å². The predicted molar refractivity (Wildman–Crippen MR) is 125 cm³/mol. The first-order valence-corrected chi connectivity index (χ1v) is 11.9. The summed E-state index contributed by atoms with van der Waals surface area (Å²) in [7, 11) is -3.87. The minimum atomic E-state index is -3.87. The maximum Gasteiger partial charge on any atom is 0.264 e. The quantitative estimate of drug-likeness (QED) is 0.485. The lowest BCUT2D eigenvalue weighted by Crippen LogP contribution is -2.41. The summed E-state index contributed by atoms with van der Waals surface area (Å²) in [6.07, 6.45) is 2.49.